The van der Waals surface area contributed by atoms with Gasteiger partial charge in [0, 0.05) is 25.2 Å². The van der Waals surface area contributed by atoms with Gasteiger partial charge in [-0.05, 0) is 19.4 Å². The minimum Gasteiger partial charge on any atom is -0.498 e. The quantitative estimate of drug-likeness (QED) is 0.801. The number of allylic oxidation sites excluding steroid dienone is 4. The van der Waals surface area contributed by atoms with E-state index in [0.29, 0.717) is 13.2 Å². The van der Waals surface area contributed by atoms with Crippen molar-refractivity contribution >= 4 is 5.57 Å². The number of nitrogens with zero attached hydrogens (tertiary/aromatic N) is 1. The molecule has 20 heavy (non-hydrogen) atoms. The Bertz CT molecular complexity index is 456. The lowest BCUT2D eigenvalue weighted by Crippen LogP contribution is -2.08. The van der Waals surface area contributed by atoms with Gasteiger partial charge in [0.2, 0.25) is 0 Å². The zero-order chi connectivity index (χ0) is 14.8. The molecule has 0 amide bonds. The van der Waals surface area contributed by atoms with E-state index in [2.05, 4.69) is 22.6 Å². The van der Waals surface area contributed by atoms with Crippen LogP contribution in [0.1, 0.15) is 46.3 Å². The summed E-state index contributed by atoms with van der Waals surface area (Å²) in [7, 11) is 0. The molecule has 0 atom stereocenters. The smallest absolute Gasteiger partial charge is 0.104 e. The fourth-order valence-corrected chi connectivity index (χ4v) is 1.99. The van der Waals surface area contributed by atoms with E-state index in [-0.39, 0.29) is 1.43 Å². The fourth-order valence-electron chi connectivity index (χ4n) is 1.99. The van der Waals surface area contributed by atoms with Crippen molar-refractivity contribution in [2.45, 2.75) is 40.2 Å². The molecule has 112 valence electrons. The standard InChI is InChI=1S/C14H18N2O2.C2H6.H2/c1-2-18-14-6-4-3-5-13(14)11-7-8-12(10-16-17)15-9-11;1-2;/h3,5,7-9,16-17H,2,4,6,10H2,1H3;1-2H3;1H. The third kappa shape index (κ3) is 4.47. The molecule has 1 aliphatic rings. The van der Waals surface area contributed by atoms with Gasteiger partial charge in [-0.3, -0.25) is 4.98 Å². The van der Waals surface area contributed by atoms with E-state index in [1.165, 1.54) is 0 Å². The lowest BCUT2D eigenvalue weighted by molar-refractivity contribution is 0.160. The van der Waals surface area contributed by atoms with Gasteiger partial charge in [0.25, 0.3) is 0 Å². The molecule has 0 radical (unpaired) electrons. The van der Waals surface area contributed by atoms with Gasteiger partial charge in [-0.25, -0.2) is 0 Å². The fraction of sp³-hybridized carbons (Fsp3) is 0.438. The van der Waals surface area contributed by atoms with Crippen molar-refractivity contribution in [1.29, 1.82) is 0 Å². The van der Waals surface area contributed by atoms with Crippen LogP contribution in [0.25, 0.3) is 5.57 Å². The van der Waals surface area contributed by atoms with Crippen molar-refractivity contribution < 1.29 is 11.4 Å². The Morgan fingerprint density at radius 3 is 2.80 bits per heavy atom. The summed E-state index contributed by atoms with van der Waals surface area (Å²) in [6.07, 6.45) is 8.03. The maximum Gasteiger partial charge on any atom is 0.104 e. The number of ether oxygens (including phenoxy) is 1. The summed E-state index contributed by atoms with van der Waals surface area (Å²) in [5.74, 6) is 1.04. The zero-order valence-corrected chi connectivity index (χ0v) is 12.5. The van der Waals surface area contributed by atoms with Crippen molar-refractivity contribution in [3.63, 3.8) is 0 Å². The normalized spacial score (nSPS) is 13.8. The zero-order valence-electron chi connectivity index (χ0n) is 12.5. The van der Waals surface area contributed by atoms with E-state index in [4.69, 9.17) is 9.94 Å². The molecule has 1 aromatic heterocycles. The Morgan fingerprint density at radius 2 is 2.20 bits per heavy atom. The number of hydrogen-bond donors (Lipinski definition) is 2. The second kappa shape index (κ2) is 9.28. The summed E-state index contributed by atoms with van der Waals surface area (Å²) in [6.45, 7) is 7.04. The van der Waals surface area contributed by atoms with Crippen molar-refractivity contribution in [2.75, 3.05) is 6.61 Å². The second-order valence-electron chi connectivity index (χ2n) is 4.08. The number of nitrogens with one attached hydrogen (secondary N) is 1. The van der Waals surface area contributed by atoms with E-state index < -0.39 is 0 Å². The molecule has 1 aromatic rings. The van der Waals surface area contributed by atoms with E-state index in [1.807, 2.05) is 39.1 Å². The minimum absolute atomic E-state index is 0. The monoisotopic (exact) mass is 278 g/mol. The van der Waals surface area contributed by atoms with Crippen molar-refractivity contribution in [3.05, 3.63) is 47.5 Å². The van der Waals surface area contributed by atoms with Crippen LogP contribution in [0.15, 0.2) is 36.2 Å². The molecule has 0 bridgehead atoms. The largest absolute Gasteiger partial charge is 0.498 e. The third-order valence-corrected chi connectivity index (χ3v) is 2.84. The maximum atomic E-state index is 8.62. The van der Waals surface area contributed by atoms with Gasteiger partial charge in [-0.2, -0.15) is 5.48 Å². The first-order valence-corrected chi connectivity index (χ1v) is 7.20. The molecule has 1 heterocycles. The predicted octanol–water partition coefficient (Wildman–Crippen LogP) is 3.93. The molecule has 0 fully saturated rings. The first-order chi connectivity index (χ1) is 9.85. The molecule has 0 aromatic carbocycles. The Balaban J connectivity index is 0.00000128. The Kier molecular flexibility index (Phi) is 7.62. The molecule has 0 aliphatic heterocycles. The molecule has 1 aliphatic carbocycles. The van der Waals surface area contributed by atoms with Crippen LogP contribution in [-0.2, 0) is 11.3 Å². The predicted molar refractivity (Wildman–Crippen MR) is 83.2 cm³/mol. The van der Waals surface area contributed by atoms with Crippen molar-refractivity contribution in [2.24, 2.45) is 0 Å². The van der Waals surface area contributed by atoms with Crippen LogP contribution < -0.4 is 5.48 Å². The number of hydroxylamine groups is 1. The van der Waals surface area contributed by atoms with Crippen molar-refractivity contribution in [1.82, 2.24) is 10.5 Å². The van der Waals surface area contributed by atoms with Gasteiger partial charge in [0.15, 0.2) is 0 Å². The number of aromatic nitrogens is 1. The number of hydrogen-bond acceptors (Lipinski definition) is 4. The summed E-state index contributed by atoms with van der Waals surface area (Å²) < 4.78 is 5.68. The molecular formula is C16H26N2O2. The van der Waals surface area contributed by atoms with Gasteiger partial charge < -0.3 is 9.94 Å². The molecule has 4 heteroatoms. The highest BCUT2D eigenvalue weighted by Gasteiger charge is 2.11. The lowest BCUT2D eigenvalue weighted by Gasteiger charge is -2.16. The lowest BCUT2D eigenvalue weighted by atomic mass is 9.99. The highest BCUT2D eigenvalue weighted by molar-refractivity contribution is 5.76. The van der Waals surface area contributed by atoms with E-state index in [0.717, 1.165) is 35.4 Å². The van der Waals surface area contributed by atoms with Crippen LogP contribution in [0.5, 0.6) is 0 Å². The molecule has 0 saturated carbocycles. The SMILES string of the molecule is CC.CCOC1=C(c2ccc(CNO)nc2)C=CCC1.[HH]. The first-order valence-electron chi connectivity index (χ1n) is 7.20. The number of pyridine rings is 1. The molecule has 4 nitrogen and oxygen atoms in total. The number of rotatable bonds is 5. The van der Waals surface area contributed by atoms with Crippen molar-refractivity contribution in [3.8, 4) is 0 Å². The highest BCUT2D eigenvalue weighted by atomic mass is 16.5. The molecular weight excluding hydrogens is 252 g/mol. The first kappa shape index (κ1) is 16.4. The van der Waals surface area contributed by atoms with E-state index in [1.54, 1.807) is 0 Å². The molecule has 2 rings (SSSR count). The third-order valence-electron chi connectivity index (χ3n) is 2.84. The molecule has 0 saturated heterocycles. The summed E-state index contributed by atoms with van der Waals surface area (Å²) >= 11 is 0. The van der Waals surface area contributed by atoms with Gasteiger partial charge in [-0.1, -0.05) is 32.1 Å². The Labute approximate surface area is 122 Å². The topological polar surface area (TPSA) is 54.4 Å². The summed E-state index contributed by atoms with van der Waals surface area (Å²) in [6, 6.07) is 3.90. The van der Waals surface area contributed by atoms with E-state index in [9.17, 15) is 0 Å². The average Bonchev–Trinajstić information content (AvgIpc) is 2.51. The Hall–Kier alpha value is -1.65. The molecule has 0 unspecified atom stereocenters. The Morgan fingerprint density at radius 1 is 1.40 bits per heavy atom. The summed E-state index contributed by atoms with van der Waals surface area (Å²) in [4.78, 5) is 4.29. The van der Waals surface area contributed by atoms with Crippen LogP contribution in [0, 0.1) is 0 Å². The van der Waals surface area contributed by atoms with Crippen LogP contribution in [-0.4, -0.2) is 16.8 Å². The van der Waals surface area contributed by atoms with E-state index >= 15 is 0 Å². The summed E-state index contributed by atoms with van der Waals surface area (Å²) in [5, 5.41) is 8.62. The van der Waals surface area contributed by atoms with Crippen LogP contribution >= 0.6 is 0 Å². The van der Waals surface area contributed by atoms with Gasteiger partial charge >= 0.3 is 0 Å². The molecule has 2 N–H and O–H groups in total. The van der Waals surface area contributed by atoms with Crippen LogP contribution in [0.2, 0.25) is 0 Å². The maximum absolute atomic E-state index is 8.62. The van der Waals surface area contributed by atoms with Gasteiger partial charge in [-0.15, -0.1) is 0 Å². The minimum atomic E-state index is 0. The van der Waals surface area contributed by atoms with Crippen LogP contribution in [0.3, 0.4) is 0 Å². The average molecular weight is 278 g/mol. The molecule has 0 spiro atoms. The van der Waals surface area contributed by atoms with Gasteiger partial charge in [0.1, 0.15) is 5.76 Å². The second-order valence-corrected chi connectivity index (χ2v) is 4.08. The highest BCUT2D eigenvalue weighted by Crippen LogP contribution is 2.27. The van der Waals surface area contributed by atoms with Gasteiger partial charge in [0.05, 0.1) is 18.8 Å². The van der Waals surface area contributed by atoms with Crippen LogP contribution in [0.4, 0.5) is 0 Å². The summed E-state index contributed by atoms with van der Waals surface area (Å²) in [5.41, 5.74) is 5.07.